The van der Waals surface area contributed by atoms with E-state index in [4.69, 9.17) is 13.9 Å². The Balaban J connectivity index is 1.38. The van der Waals surface area contributed by atoms with Gasteiger partial charge in [-0.2, -0.15) is 0 Å². The molecule has 0 saturated carbocycles. The molecule has 0 atom stereocenters. The minimum Gasteiger partial charge on any atom is -0.457 e. The van der Waals surface area contributed by atoms with Crippen LogP contribution >= 0.6 is 0 Å². The maximum absolute atomic E-state index is 11.7. The molecule has 0 radical (unpaired) electrons. The van der Waals surface area contributed by atoms with Crippen molar-refractivity contribution in [3.8, 4) is 0 Å². The van der Waals surface area contributed by atoms with Crippen LogP contribution in [0.1, 0.15) is 11.3 Å². The summed E-state index contributed by atoms with van der Waals surface area (Å²) in [6.45, 7) is 0.562. The van der Waals surface area contributed by atoms with Crippen LogP contribution in [0.15, 0.2) is 65.1 Å². The van der Waals surface area contributed by atoms with E-state index in [1.54, 1.807) is 0 Å². The summed E-state index contributed by atoms with van der Waals surface area (Å²) in [5.74, 6) is 0.238. The normalized spacial score (nSPS) is 10.8. The third-order valence-electron chi connectivity index (χ3n) is 3.45. The van der Waals surface area contributed by atoms with Gasteiger partial charge < -0.3 is 13.9 Å². The number of furan rings is 1. The van der Waals surface area contributed by atoms with Gasteiger partial charge in [-0.3, -0.25) is 0 Å². The smallest absolute Gasteiger partial charge is 0.332 e. The lowest BCUT2D eigenvalue weighted by Gasteiger charge is -2.05. The Kier molecular flexibility index (Phi) is 5.06. The Labute approximate surface area is 134 Å². The topological polar surface area (TPSA) is 48.7 Å². The average molecular weight is 310 g/mol. The second kappa shape index (κ2) is 7.61. The Bertz CT molecular complexity index is 728. The Hall–Kier alpha value is -2.59. The number of ether oxygens (including phenoxy) is 2. The van der Waals surface area contributed by atoms with Crippen LogP contribution in [0.4, 0.5) is 0 Å². The van der Waals surface area contributed by atoms with Gasteiger partial charge in [0.25, 0.3) is 0 Å². The van der Waals surface area contributed by atoms with Crippen molar-refractivity contribution in [1.29, 1.82) is 0 Å². The average Bonchev–Trinajstić information content (AvgIpc) is 3.01. The molecule has 0 fully saturated rings. The SMILES string of the molecule is O=C(COCCc1ccccc1)OCc1cc2ccccc2o1. The fourth-order valence-corrected chi connectivity index (χ4v) is 2.29. The predicted molar refractivity (Wildman–Crippen MR) is 87.0 cm³/mol. The van der Waals surface area contributed by atoms with Crippen LogP contribution in [0, 0.1) is 0 Å². The molecule has 0 N–H and O–H groups in total. The van der Waals surface area contributed by atoms with E-state index in [1.807, 2.05) is 60.7 Å². The molecule has 4 heteroatoms. The highest BCUT2D eigenvalue weighted by Gasteiger charge is 2.07. The number of fused-ring (bicyclic) bond motifs is 1. The van der Waals surface area contributed by atoms with Crippen LogP contribution in [0.3, 0.4) is 0 Å². The summed E-state index contributed by atoms with van der Waals surface area (Å²) in [6, 6.07) is 19.6. The monoisotopic (exact) mass is 310 g/mol. The third-order valence-corrected chi connectivity index (χ3v) is 3.45. The van der Waals surface area contributed by atoms with Gasteiger partial charge in [0.2, 0.25) is 0 Å². The van der Waals surface area contributed by atoms with E-state index in [1.165, 1.54) is 5.56 Å². The minimum atomic E-state index is -0.390. The van der Waals surface area contributed by atoms with Gasteiger partial charge in [-0.1, -0.05) is 48.5 Å². The molecule has 2 aromatic carbocycles. The molecule has 0 amide bonds. The number of esters is 1. The molecule has 0 aliphatic heterocycles. The zero-order valence-electron chi connectivity index (χ0n) is 12.7. The van der Waals surface area contributed by atoms with Gasteiger partial charge in [0, 0.05) is 5.39 Å². The summed E-state index contributed by atoms with van der Waals surface area (Å²) in [5.41, 5.74) is 1.97. The number of benzene rings is 2. The molecule has 1 heterocycles. The largest absolute Gasteiger partial charge is 0.457 e. The highest BCUT2D eigenvalue weighted by Crippen LogP contribution is 2.19. The van der Waals surface area contributed by atoms with Gasteiger partial charge in [0.15, 0.2) is 0 Å². The van der Waals surface area contributed by atoms with Gasteiger partial charge in [-0.05, 0) is 24.1 Å². The van der Waals surface area contributed by atoms with E-state index in [9.17, 15) is 4.79 Å². The van der Waals surface area contributed by atoms with Crippen molar-refractivity contribution < 1.29 is 18.7 Å². The summed E-state index contributed by atoms with van der Waals surface area (Å²) >= 11 is 0. The van der Waals surface area contributed by atoms with Gasteiger partial charge >= 0.3 is 5.97 Å². The Morgan fingerprint density at radius 2 is 1.78 bits per heavy atom. The van der Waals surface area contributed by atoms with E-state index in [2.05, 4.69) is 0 Å². The van der Waals surface area contributed by atoms with Crippen LogP contribution < -0.4 is 0 Å². The standard InChI is InChI=1S/C19H18O4/c20-19(14-21-11-10-15-6-2-1-3-7-15)22-13-17-12-16-8-4-5-9-18(16)23-17/h1-9,12H,10-11,13-14H2. The first-order chi connectivity index (χ1) is 11.3. The molecule has 1 aromatic heterocycles. The maximum atomic E-state index is 11.7. The lowest BCUT2D eigenvalue weighted by molar-refractivity contribution is -0.150. The van der Waals surface area contributed by atoms with Gasteiger partial charge in [-0.15, -0.1) is 0 Å². The predicted octanol–water partition coefficient (Wildman–Crippen LogP) is 3.74. The number of carbonyl (C=O) groups excluding carboxylic acids is 1. The van der Waals surface area contributed by atoms with E-state index < -0.39 is 5.97 Å². The lowest BCUT2D eigenvalue weighted by atomic mass is 10.2. The molecule has 0 spiro atoms. The Morgan fingerprint density at radius 1 is 1.00 bits per heavy atom. The van der Waals surface area contributed by atoms with E-state index in [0.717, 1.165) is 17.4 Å². The quantitative estimate of drug-likeness (QED) is 0.493. The van der Waals surface area contributed by atoms with Gasteiger partial charge in [0.05, 0.1) is 6.61 Å². The zero-order chi connectivity index (χ0) is 15.9. The van der Waals surface area contributed by atoms with E-state index >= 15 is 0 Å². The van der Waals surface area contributed by atoms with Crippen molar-refractivity contribution in [1.82, 2.24) is 0 Å². The fourth-order valence-electron chi connectivity index (χ4n) is 2.29. The van der Waals surface area contributed by atoms with Gasteiger partial charge in [-0.25, -0.2) is 4.79 Å². The Morgan fingerprint density at radius 3 is 2.61 bits per heavy atom. The number of carbonyl (C=O) groups is 1. The second-order valence-electron chi connectivity index (χ2n) is 5.20. The summed E-state index contributed by atoms with van der Waals surface area (Å²) in [4.78, 5) is 11.7. The fraction of sp³-hybridized carbons (Fsp3) is 0.211. The number of para-hydroxylation sites is 1. The summed E-state index contributed by atoms with van der Waals surface area (Å²) < 4.78 is 16.1. The van der Waals surface area contributed by atoms with Gasteiger partial charge in [0.1, 0.15) is 24.6 Å². The highest BCUT2D eigenvalue weighted by atomic mass is 16.6. The molecule has 118 valence electrons. The molecule has 0 unspecified atom stereocenters. The first-order valence-corrected chi connectivity index (χ1v) is 7.56. The highest BCUT2D eigenvalue weighted by molar-refractivity contribution is 5.77. The van der Waals surface area contributed by atoms with Crippen molar-refractivity contribution in [3.05, 3.63) is 72.0 Å². The maximum Gasteiger partial charge on any atom is 0.332 e. The van der Waals surface area contributed by atoms with Crippen molar-refractivity contribution >= 4 is 16.9 Å². The first-order valence-electron chi connectivity index (χ1n) is 7.56. The zero-order valence-corrected chi connectivity index (χ0v) is 12.7. The van der Waals surface area contributed by atoms with E-state index in [0.29, 0.717) is 12.4 Å². The van der Waals surface area contributed by atoms with Crippen molar-refractivity contribution in [2.24, 2.45) is 0 Å². The van der Waals surface area contributed by atoms with Crippen molar-refractivity contribution in [2.75, 3.05) is 13.2 Å². The summed E-state index contributed by atoms with van der Waals surface area (Å²) in [5, 5.41) is 0.998. The van der Waals surface area contributed by atoms with Crippen LogP contribution in [0.25, 0.3) is 11.0 Å². The molecule has 0 aliphatic rings. The van der Waals surface area contributed by atoms with Crippen molar-refractivity contribution in [2.45, 2.75) is 13.0 Å². The molecule has 4 nitrogen and oxygen atoms in total. The number of rotatable bonds is 7. The minimum absolute atomic E-state index is 0.0485. The lowest BCUT2D eigenvalue weighted by Crippen LogP contribution is -2.13. The molecule has 3 rings (SSSR count). The van der Waals surface area contributed by atoms with E-state index in [-0.39, 0.29) is 13.2 Å². The van der Waals surface area contributed by atoms with Crippen LogP contribution in [-0.4, -0.2) is 19.2 Å². The molecular weight excluding hydrogens is 292 g/mol. The molecule has 3 aromatic rings. The molecule has 0 aliphatic carbocycles. The van der Waals surface area contributed by atoms with Crippen LogP contribution in [0.2, 0.25) is 0 Å². The first kappa shape index (κ1) is 15.3. The number of hydrogen-bond donors (Lipinski definition) is 0. The van der Waals surface area contributed by atoms with Crippen LogP contribution in [-0.2, 0) is 27.3 Å². The molecular formula is C19H18O4. The molecule has 23 heavy (non-hydrogen) atoms. The number of hydrogen-bond acceptors (Lipinski definition) is 4. The summed E-state index contributed by atoms with van der Waals surface area (Å²) in [7, 11) is 0. The van der Waals surface area contributed by atoms with Crippen molar-refractivity contribution in [3.63, 3.8) is 0 Å². The second-order valence-corrected chi connectivity index (χ2v) is 5.20. The third kappa shape index (κ3) is 4.44. The summed E-state index contributed by atoms with van der Waals surface area (Å²) in [6.07, 6.45) is 0.775. The van der Waals surface area contributed by atoms with Crippen LogP contribution in [0.5, 0.6) is 0 Å². The molecule has 0 saturated heterocycles. The molecule has 0 bridgehead atoms.